The van der Waals surface area contributed by atoms with Crippen LogP contribution in [0.1, 0.15) is 0 Å². The zero-order valence-electron chi connectivity index (χ0n) is 37.7. The molecule has 2 heterocycles. The highest BCUT2D eigenvalue weighted by Crippen LogP contribution is 2.51. The monoisotopic (exact) mass is 880 g/mol. The Kier molecular flexibility index (Phi) is 9.84. The van der Waals surface area contributed by atoms with E-state index in [1.807, 2.05) is 6.07 Å². The Bertz CT molecular complexity index is 4000. The minimum absolute atomic E-state index is 0.865. The number of furan rings is 1. The van der Waals surface area contributed by atoms with E-state index in [1.54, 1.807) is 0 Å². The molecule has 69 heavy (non-hydrogen) atoms. The van der Waals surface area contributed by atoms with Gasteiger partial charge in [0, 0.05) is 49.6 Å². The van der Waals surface area contributed by atoms with E-state index >= 15 is 0 Å². The molecule has 0 saturated heterocycles. The minimum atomic E-state index is 0.865. The number of benzene rings is 11. The Morgan fingerprint density at radius 1 is 0.319 bits per heavy atom. The number of aromatic nitrogens is 1. The molecule has 13 rings (SSSR count). The first-order valence-corrected chi connectivity index (χ1v) is 23.6. The van der Waals surface area contributed by atoms with E-state index in [1.165, 1.54) is 32.9 Å². The summed E-state index contributed by atoms with van der Waals surface area (Å²) in [6.07, 6.45) is 0. The number of rotatable bonds is 9. The van der Waals surface area contributed by atoms with Crippen LogP contribution in [0.3, 0.4) is 0 Å². The lowest BCUT2D eigenvalue weighted by molar-refractivity contribution is 0.669. The molecule has 3 heteroatoms. The van der Waals surface area contributed by atoms with Gasteiger partial charge in [-0.25, -0.2) is 0 Å². The quantitative estimate of drug-likeness (QED) is 0.144. The SMILES string of the molecule is c1ccc(-c2ccc(-c3c(-c4cccc5oc6ccccc6c45)cccc3N(c3cccc(-c4ccccc4)c3)c3ccccc3-c3cccc4c5ccccc5n(-c5ccccc5)c34)cc2)cc1. The standard InChI is InChI=1S/C66H44N2O/c1-4-20-45(21-5-1)47-40-42-48(43-41-47)64-54(55-32-19-39-63-65(55)58-30-12-15-38-62(58)69-63)31-18-37-61(64)67(51-27-16-24-49(44-51)46-22-6-2-7-23-46)59-35-13-10-28-52(59)56-33-17-34-57-53-29-11-14-36-60(53)68(66(56)57)50-25-8-3-9-26-50/h1-44H. The molecule has 2 aromatic heterocycles. The maximum Gasteiger partial charge on any atom is 0.136 e. The predicted octanol–water partition coefficient (Wildman–Crippen LogP) is 18.5. The molecule has 0 atom stereocenters. The molecule has 0 radical (unpaired) electrons. The van der Waals surface area contributed by atoms with E-state index < -0.39 is 0 Å². The van der Waals surface area contributed by atoms with Gasteiger partial charge >= 0.3 is 0 Å². The lowest BCUT2D eigenvalue weighted by Gasteiger charge is -2.31. The normalized spacial score (nSPS) is 11.5. The summed E-state index contributed by atoms with van der Waals surface area (Å²) >= 11 is 0. The van der Waals surface area contributed by atoms with Crippen molar-refractivity contribution in [2.45, 2.75) is 0 Å². The van der Waals surface area contributed by atoms with Gasteiger partial charge in [-0.3, -0.25) is 0 Å². The number of anilines is 3. The van der Waals surface area contributed by atoms with Gasteiger partial charge in [0.2, 0.25) is 0 Å². The van der Waals surface area contributed by atoms with Crippen LogP contribution in [0.4, 0.5) is 17.1 Å². The Morgan fingerprint density at radius 2 is 0.841 bits per heavy atom. The van der Waals surface area contributed by atoms with E-state index in [-0.39, 0.29) is 0 Å². The molecular formula is C66H44N2O. The first kappa shape index (κ1) is 40.1. The average molecular weight is 881 g/mol. The summed E-state index contributed by atoms with van der Waals surface area (Å²) in [5.41, 5.74) is 19.7. The van der Waals surface area contributed by atoms with Gasteiger partial charge in [-0.15, -0.1) is 0 Å². The number of nitrogens with zero attached hydrogens (tertiary/aromatic N) is 2. The van der Waals surface area contributed by atoms with Crippen molar-refractivity contribution >= 4 is 60.8 Å². The van der Waals surface area contributed by atoms with Gasteiger partial charge in [0.1, 0.15) is 11.2 Å². The highest BCUT2D eigenvalue weighted by molar-refractivity contribution is 6.16. The van der Waals surface area contributed by atoms with Gasteiger partial charge < -0.3 is 13.9 Å². The van der Waals surface area contributed by atoms with Gasteiger partial charge in [-0.2, -0.15) is 0 Å². The zero-order chi connectivity index (χ0) is 45.7. The molecule has 0 spiro atoms. The van der Waals surface area contributed by atoms with E-state index in [4.69, 9.17) is 4.42 Å². The molecule has 0 unspecified atom stereocenters. The first-order valence-electron chi connectivity index (χ1n) is 23.6. The number of hydrogen-bond donors (Lipinski definition) is 0. The van der Waals surface area contributed by atoms with Gasteiger partial charge in [0.15, 0.2) is 0 Å². The predicted molar refractivity (Wildman–Crippen MR) is 290 cm³/mol. The molecule has 11 aromatic carbocycles. The molecule has 3 nitrogen and oxygen atoms in total. The third-order valence-corrected chi connectivity index (χ3v) is 13.6. The second kappa shape index (κ2) is 16.9. The molecule has 0 amide bonds. The van der Waals surface area contributed by atoms with E-state index in [0.29, 0.717) is 0 Å². The van der Waals surface area contributed by atoms with Crippen LogP contribution in [0.25, 0.3) is 105 Å². The van der Waals surface area contributed by atoms with Crippen molar-refractivity contribution in [3.05, 3.63) is 267 Å². The summed E-state index contributed by atoms with van der Waals surface area (Å²) in [7, 11) is 0. The van der Waals surface area contributed by atoms with Crippen LogP contribution in [0.5, 0.6) is 0 Å². The van der Waals surface area contributed by atoms with Crippen LogP contribution >= 0.6 is 0 Å². The molecule has 0 aliphatic rings. The fourth-order valence-electron chi connectivity index (χ4n) is 10.6. The molecule has 0 aliphatic heterocycles. The van der Waals surface area contributed by atoms with Crippen LogP contribution in [-0.2, 0) is 0 Å². The van der Waals surface area contributed by atoms with E-state index in [0.717, 1.165) is 89.2 Å². The smallest absolute Gasteiger partial charge is 0.136 e. The van der Waals surface area contributed by atoms with Crippen LogP contribution in [0.15, 0.2) is 271 Å². The molecule has 0 fully saturated rings. The van der Waals surface area contributed by atoms with Crippen LogP contribution in [0, 0.1) is 0 Å². The Hall–Kier alpha value is -9.18. The van der Waals surface area contributed by atoms with Gasteiger partial charge in [-0.05, 0) is 93.5 Å². The lowest BCUT2D eigenvalue weighted by atomic mass is 9.89. The van der Waals surface area contributed by atoms with Crippen molar-refractivity contribution in [1.29, 1.82) is 0 Å². The van der Waals surface area contributed by atoms with Crippen molar-refractivity contribution in [3.63, 3.8) is 0 Å². The van der Waals surface area contributed by atoms with Crippen LogP contribution in [-0.4, -0.2) is 4.57 Å². The molecular weight excluding hydrogens is 837 g/mol. The highest BCUT2D eigenvalue weighted by Gasteiger charge is 2.26. The van der Waals surface area contributed by atoms with Crippen LogP contribution in [0.2, 0.25) is 0 Å². The molecule has 0 saturated carbocycles. The summed E-state index contributed by atoms with van der Waals surface area (Å²) in [6, 6.07) is 96.3. The van der Waals surface area contributed by atoms with Crippen molar-refractivity contribution in [2.24, 2.45) is 0 Å². The van der Waals surface area contributed by atoms with Crippen LogP contribution < -0.4 is 4.90 Å². The van der Waals surface area contributed by atoms with E-state index in [9.17, 15) is 0 Å². The maximum atomic E-state index is 6.55. The molecule has 0 bridgehead atoms. The first-order chi connectivity index (χ1) is 34.3. The Morgan fingerprint density at radius 3 is 1.65 bits per heavy atom. The molecule has 324 valence electrons. The number of fused-ring (bicyclic) bond motifs is 6. The van der Waals surface area contributed by atoms with Gasteiger partial charge in [0.25, 0.3) is 0 Å². The van der Waals surface area contributed by atoms with Crippen molar-refractivity contribution in [3.8, 4) is 61.3 Å². The largest absolute Gasteiger partial charge is 0.456 e. The minimum Gasteiger partial charge on any atom is -0.456 e. The third kappa shape index (κ3) is 6.91. The van der Waals surface area contributed by atoms with Gasteiger partial charge in [0.05, 0.1) is 22.4 Å². The molecule has 0 aliphatic carbocycles. The maximum absolute atomic E-state index is 6.55. The average Bonchev–Trinajstić information content (AvgIpc) is 3.98. The fourth-order valence-corrected chi connectivity index (χ4v) is 10.6. The van der Waals surface area contributed by atoms with Crippen molar-refractivity contribution in [2.75, 3.05) is 4.90 Å². The Labute approximate surface area is 401 Å². The van der Waals surface area contributed by atoms with Crippen molar-refractivity contribution < 1.29 is 4.42 Å². The summed E-state index contributed by atoms with van der Waals surface area (Å²) in [4.78, 5) is 2.49. The highest BCUT2D eigenvalue weighted by atomic mass is 16.3. The zero-order valence-corrected chi connectivity index (χ0v) is 37.7. The second-order valence-electron chi connectivity index (χ2n) is 17.6. The van der Waals surface area contributed by atoms with Crippen molar-refractivity contribution in [1.82, 2.24) is 4.57 Å². The lowest BCUT2D eigenvalue weighted by Crippen LogP contribution is -2.13. The summed E-state index contributed by atoms with van der Waals surface area (Å²) in [5.74, 6) is 0. The molecule has 13 aromatic rings. The van der Waals surface area contributed by atoms with Gasteiger partial charge in [-0.1, -0.05) is 212 Å². The third-order valence-electron chi connectivity index (χ3n) is 13.6. The number of para-hydroxylation sites is 5. The fraction of sp³-hybridized carbons (Fsp3) is 0. The Balaban J connectivity index is 1.12. The molecule has 0 N–H and O–H groups in total. The summed E-state index contributed by atoms with van der Waals surface area (Å²) < 4.78 is 8.99. The topological polar surface area (TPSA) is 21.3 Å². The summed E-state index contributed by atoms with van der Waals surface area (Å²) in [6.45, 7) is 0. The van der Waals surface area contributed by atoms with E-state index in [2.05, 4.69) is 270 Å². The second-order valence-corrected chi connectivity index (χ2v) is 17.6. The summed E-state index contributed by atoms with van der Waals surface area (Å²) in [5, 5.41) is 4.63. The number of hydrogen-bond acceptors (Lipinski definition) is 2.